The van der Waals surface area contributed by atoms with Crippen LogP contribution in [0.4, 0.5) is 0 Å². The first-order valence-corrected chi connectivity index (χ1v) is 9.07. The van der Waals surface area contributed by atoms with E-state index in [1.54, 1.807) is 19.5 Å². The van der Waals surface area contributed by atoms with E-state index in [0.717, 1.165) is 43.8 Å². The van der Waals surface area contributed by atoms with Gasteiger partial charge in [0.25, 0.3) is 5.91 Å². The third kappa shape index (κ3) is 3.47. The average Bonchev–Trinajstić information content (AvgIpc) is 3.14. The summed E-state index contributed by atoms with van der Waals surface area (Å²) in [5.41, 5.74) is 6.35. The van der Waals surface area contributed by atoms with E-state index in [0.29, 0.717) is 17.5 Å². The fourth-order valence-corrected chi connectivity index (χ4v) is 4.93. The number of nitrogens with two attached hydrogens (primary N) is 1. The SMILES string of the molecule is CO[C@]1(c2ccnc(C(N)=O)c2)[C@@H]2CCC[C@H]1CN(Cc1ccno1)C2.Cl. The normalized spacial score (nSPS) is 27.7. The standard InChI is InChI=1S/C19H24N4O3.ClH/c1-25-19(13-5-7-21-17(9-13)18(20)24)14-3-2-4-15(19)11-23(10-14)12-16-6-8-22-26-16;/h5-9,14-15H,2-4,10-12H2,1H3,(H2,20,24);1H/t14-,15+,19-;. The summed E-state index contributed by atoms with van der Waals surface area (Å²) in [6.07, 6.45) is 6.72. The minimum atomic E-state index is -0.508. The van der Waals surface area contributed by atoms with E-state index >= 15 is 0 Å². The van der Waals surface area contributed by atoms with Crippen molar-refractivity contribution in [2.24, 2.45) is 17.6 Å². The molecule has 3 heterocycles. The van der Waals surface area contributed by atoms with Gasteiger partial charge in [0.1, 0.15) is 11.3 Å². The lowest BCUT2D eigenvalue weighted by Crippen LogP contribution is -2.58. The molecule has 2 fully saturated rings. The summed E-state index contributed by atoms with van der Waals surface area (Å²) in [6.45, 7) is 2.59. The van der Waals surface area contributed by atoms with Crippen LogP contribution >= 0.6 is 12.4 Å². The van der Waals surface area contributed by atoms with Crippen LogP contribution in [0.2, 0.25) is 0 Å². The smallest absolute Gasteiger partial charge is 0.267 e. The van der Waals surface area contributed by atoms with E-state index in [-0.39, 0.29) is 12.4 Å². The third-order valence-corrected chi connectivity index (χ3v) is 5.95. The molecule has 1 aliphatic heterocycles. The fraction of sp³-hybridized carbons (Fsp3) is 0.526. The van der Waals surface area contributed by atoms with Crippen molar-refractivity contribution in [1.29, 1.82) is 0 Å². The van der Waals surface area contributed by atoms with E-state index in [1.165, 1.54) is 6.42 Å². The highest BCUT2D eigenvalue weighted by Crippen LogP contribution is 2.51. The number of methoxy groups -OCH3 is 1. The summed E-state index contributed by atoms with van der Waals surface area (Å²) >= 11 is 0. The predicted molar refractivity (Wildman–Crippen MR) is 101 cm³/mol. The predicted octanol–water partition coefficient (Wildman–Crippen LogP) is 2.36. The molecule has 0 unspecified atom stereocenters. The van der Waals surface area contributed by atoms with Crippen LogP contribution < -0.4 is 5.73 Å². The maximum Gasteiger partial charge on any atom is 0.267 e. The zero-order valence-corrected chi connectivity index (χ0v) is 16.2. The van der Waals surface area contributed by atoms with Gasteiger partial charge in [0, 0.05) is 44.3 Å². The number of likely N-dealkylation sites (tertiary alicyclic amines) is 1. The summed E-state index contributed by atoms with van der Waals surface area (Å²) in [6, 6.07) is 5.69. The Morgan fingerprint density at radius 2 is 2.07 bits per heavy atom. The molecule has 8 heteroatoms. The van der Waals surface area contributed by atoms with Gasteiger partial charge in [0.15, 0.2) is 5.76 Å². The van der Waals surface area contributed by atoms with Crippen LogP contribution in [0.1, 0.15) is 41.1 Å². The van der Waals surface area contributed by atoms with Crippen LogP contribution in [-0.4, -0.2) is 41.1 Å². The van der Waals surface area contributed by atoms with Gasteiger partial charge in [-0.15, -0.1) is 12.4 Å². The van der Waals surface area contributed by atoms with Crippen LogP contribution in [-0.2, 0) is 16.9 Å². The first-order chi connectivity index (χ1) is 12.6. The second kappa shape index (κ2) is 7.96. The average molecular weight is 393 g/mol. The Kier molecular flexibility index (Phi) is 5.83. The Hall–Kier alpha value is -1.96. The van der Waals surface area contributed by atoms with Gasteiger partial charge in [-0.05, 0) is 30.5 Å². The number of hydrogen-bond donors (Lipinski definition) is 1. The highest BCUT2D eigenvalue weighted by Gasteiger charge is 2.53. The highest BCUT2D eigenvalue weighted by atomic mass is 35.5. The van der Waals surface area contributed by atoms with Crippen molar-refractivity contribution in [2.75, 3.05) is 20.2 Å². The molecule has 7 nitrogen and oxygen atoms in total. The number of hydrogen-bond acceptors (Lipinski definition) is 6. The van der Waals surface area contributed by atoms with E-state index in [1.807, 2.05) is 18.2 Å². The summed E-state index contributed by atoms with van der Waals surface area (Å²) in [5.74, 6) is 1.05. The Morgan fingerprint density at radius 3 is 2.67 bits per heavy atom. The van der Waals surface area contributed by atoms with Crippen molar-refractivity contribution in [3.05, 3.63) is 47.6 Å². The fourth-order valence-electron chi connectivity index (χ4n) is 4.93. The molecule has 146 valence electrons. The second-order valence-electron chi connectivity index (χ2n) is 7.29. The summed E-state index contributed by atoms with van der Waals surface area (Å²) in [5, 5.41) is 3.80. The quantitative estimate of drug-likeness (QED) is 0.839. The lowest BCUT2D eigenvalue weighted by molar-refractivity contribution is -0.170. The Morgan fingerprint density at radius 1 is 1.33 bits per heavy atom. The summed E-state index contributed by atoms with van der Waals surface area (Å²) in [4.78, 5) is 18.1. The van der Waals surface area contributed by atoms with Gasteiger partial charge in [-0.3, -0.25) is 14.7 Å². The molecule has 2 aromatic rings. The molecule has 2 bridgehead atoms. The topological polar surface area (TPSA) is 94.5 Å². The van der Waals surface area contributed by atoms with Crippen molar-refractivity contribution in [3.63, 3.8) is 0 Å². The lowest BCUT2D eigenvalue weighted by atomic mass is 9.62. The van der Waals surface area contributed by atoms with Gasteiger partial charge in [-0.1, -0.05) is 11.6 Å². The number of carbonyl (C=O) groups excluding carboxylic acids is 1. The number of ether oxygens (including phenoxy) is 1. The molecule has 2 N–H and O–H groups in total. The van der Waals surface area contributed by atoms with Crippen molar-refractivity contribution in [3.8, 4) is 0 Å². The Bertz CT molecular complexity index is 769. The summed E-state index contributed by atoms with van der Waals surface area (Å²) < 4.78 is 11.5. The molecule has 1 amide bonds. The number of halogens is 1. The lowest BCUT2D eigenvalue weighted by Gasteiger charge is -2.55. The molecular formula is C19H25ClN4O3. The zero-order valence-electron chi connectivity index (χ0n) is 15.3. The third-order valence-electron chi connectivity index (χ3n) is 5.95. The minimum absolute atomic E-state index is 0. The molecule has 1 saturated carbocycles. The van der Waals surface area contributed by atoms with Crippen molar-refractivity contribution in [1.82, 2.24) is 15.0 Å². The van der Waals surface area contributed by atoms with Crippen molar-refractivity contribution < 1.29 is 14.1 Å². The van der Waals surface area contributed by atoms with Gasteiger partial charge in [0.2, 0.25) is 0 Å². The number of carbonyl (C=O) groups is 1. The molecule has 1 aliphatic carbocycles. The van der Waals surface area contributed by atoms with Crippen LogP contribution in [0, 0.1) is 11.8 Å². The van der Waals surface area contributed by atoms with Gasteiger partial charge in [-0.25, -0.2) is 0 Å². The van der Waals surface area contributed by atoms with Gasteiger partial charge >= 0.3 is 0 Å². The molecule has 2 aliphatic rings. The summed E-state index contributed by atoms with van der Waals surface area (Å²) in [7, 11) is 1.78. The van der Waals surface area contributed by atoms with Crippen LogP contribution in [0.15, 0.2) is 35.1 Å². The number of piperidine rings is 1. The molecule has 1 saturated heterocycles. The van der Waals surface area contributed by atoms with Crippen LogP contribution in [0.3, 0.4) is 0 Å². The highest BCUT2D eigenvalue weighted by molar-refractivity contribution is 5.90. The van der Waals surface area contributed by atoms with Crippen LogP contribution in [0.5, 0.6) is 0 Å². The maximum absolute atomic E-state index is 11.6. The molecule has 4 rings (SSSR count). The molecule has 27 heavy (non-hydrogen) atoms. The molecule has 0 aromatic carbocycles. The molecule has 0 spiro atoms. The number of nitrogens with zero attached hydrogens (tertiary/aromatic N) is 3. The first-order valence-electron chi connectivity index (χ1n) is 9.07. The first kappa shape index (κ1) is 19.8. The monoisotopic (exact) mass is 392 g/mol. The zero-order chi connectivity index (χ0) is 18.1. The maximum atomic E-state index is 11.6. The van der Waals surface area contributed by atoms with E-state index in [2.05, 4.69) is 15.0 Å². The molecule has 0 radical (unpaired) electrons. The van der Waals surface area contributed by atoms with E-state index in [4.69, 9.17) is 15.0 Å². The molecular weight excluding hydrogens is 368 g/mol. The van der Waals surface area contributed by atoms with Gasteiger partial charge in [0.05, 0.1) is 12.7 Å². The Balaban J connectivity index is 0.00000210. The number of fused-ring (bicyclic) bond motifs is 2. The van der Waals surface area contributed by atoms with Crippen LogP contribution in [0.25, 0.3) is 0 Å². The van der Waals surface area contributed by atoms with Gasteiger partial charge in [-0.2, -0.15) is 0 Å². The Labute approximate surface area is 164 Å². The van der Waals surface area contributed by atoms with E-state index in [9.17, 15) is 4.79 Å². The van der Waals surface area contributed by atoms with Gasteiger partial charge < -0.3 is 15.0 Å². The number of aromatic nitrogens is 2. The molecule has 3 atom stereocenters. The number of rotatable bonds is 5. The number of primary amides is 1. The largest absolute Gasteiger partial charge is 0.373 e. The molecule has 2 aromatic heterocycles. The number of pyridine rings is 1. The van der Waals surface area contributed by atoms with E-state index < -0.39 is 11.5 Å². The minimum Gasteiger partial charge on any atom is -0.373 e. The van der Waals surface area contributed by atoms with Crippen molar-refractivity contribution in [2.45, 2.75) is 31.4 Å². The van der Waals surface area contributed by atoms with Crippen molar-refractivity contribution >= 4 is 18.3 Å². The second-order valence-corrected chi connectivity index (χ2v) is 7.29. The number of amides is 1.